The van der Waals surface area contributed by atoms with E-state index in [1.807, 2.05) is 6.07 Å². The minimum Gasteiger partial charge on any atom is -0.377 e. The zero-order valence-corrected chi connectivity index (χ0v) is 7.46. The fourth-order valence-corrected chi connectivity index (χ4v) is 2.76. The van der Waals surface area contributed by atoms with E-state index in [0.717, 1.165) is 10.4 Å². The van der Waals surface area contributed by atoms with Gasteiger partial charge >= 0.3 is 0 Å². The zero-order chi connectivity index (χ0) is 6.69. The molecule has 0 spiro atoms. The van der Waals surface area contributed by atoms with Crippen molar-refractivity contribution >= 4 is 37.9 Å². The SMILES string of the molecule is CCNc1cc(=S)ss1. The topological polar surface area (TPSA) is 12.0 Å². The van der Waals surface area contributed by atoms with Crippen molar-refractivity contribution < 1.29 is 0 Å². The second kappa shape index (κ2) is 3.29. The van der Waals surface area contributed by atoms with Gasteiger partial charge < -0.3 is 5.32 Å². The molecule has 1 N–H and O–H groups in total. The van der Waals surface area contributed by atoms with Crippen molar-refractivity contribution in [3.05, 3.63) is 9.89 Å². The minimum absolute atomic E-state index is 0.968. The normalized spacial score (nSPS) is 9.44. The average molecular weight is 177 g/mol. The van der Waals surface area contributed by atoms with Crippen LogP contribution in [0.15, 0.2) is 6.07 Å². The monoisotopic (exact) mass is 177 g/mol. The van der Waals surface area contributed by atoms with Gasteiger partial charge in [0.2, 0.25) is 0 Å². The summed E-state index contributed by atoms with van der Waals surface area (Å²) < 4.78 is 0.968. The average Bonchev–Trinajstić information content (AvgIpc) is 2.17. The summed E-state index contributed by atoms with van der Waals surface area (Å²) in [6.07, 6.45) is 0. The summed E-state index contributed by atoms with van der Waals surface area (Å²) in [7, 11) is 3.34. The van der Waals surface area contributed by atoms with Crippen LogP contribution in [0.2, 0.25) is 0 Å². The molecular formula is C5H7NS3. The van der Waals surface area contributed by atoms with Gasteiger partial charge in [0, 0.05) is 12.6 Å². The first-order valence-electron chi connectivity index (χ1n) is 2.67. The Bertz CT molecular complexity index is 224. The smallest absolute Gasteiger partial charge is 0.104 e. The third-order valence-corrected chi connectivity index (χ3v) is 3.63. The summed E-state index contributed by atoms with van der Waals surface area (Å²) >= 11 is 4.94. The molecule has 0 fully saturated rings. The van der Waals surface area contributed by atoms with Crippen LogP contribution in [0.1, 0.15) is 6.92 Å². The molecular weight excluding hydrogens is 170 g/mol. The summed E-state index contributed by atoms with van der Waals surface area (Å²) in [6.45, 7) is 3.05. The summed E-state index contributed by atoms with van der Waals surface area (Å²) in [5, 5.41) is 4.38. The molecule has 0 unspecified atom stereocenters. The Balaban J connectivity index is 2.73. The molecule has 0 amide bonds. The highest BCUT2D eigenvalue weighted by molar-refractivity contribution is 7.80. The van der Waals surface area contributed by atoms with E-state index < -0.39 is 0 Å². The quantitative estimate of drug-likeness (QED) is 0.550. The molecule has 0 bridgehead atoms. The van der Waals surface area contributed by atoms with Crippen LogP contribution in [0.25, 0.3) is 0 Å². The number of nitrogens with one attached hydrogen (secondary N) is 1. The van der Waals surface area contributed by atoms with E-state index >= 15 is 0 Å². The maximum Gasteiger partial charge on any atom is 0.104 e. The van der Waals surface area contributed by atoms with Gasteiger partial charge in [-0.1, -0.05) is 32.9 Å². The van der Waals surface area contributed by atoms with Crippen LogP contribution >= 0.6 is 32.9 Å². The first kappa shape index (κ1) is 7.18. The molecule has 0 saturated heterocycles. The Morgan fingerprint density at radius 1 is 1.67 bits per heavy atom. The maximum absolute atomic E-state index is 4.94. The van der Waals surface area contributed by atoms with Crippen molar-refractivity contribution in [1.29, 1.82) is 0 Å². The lowest BCUT2D eigenvalue weighted by Crippen LogP contribution is -1.91. The Morgan fingerprint density at radius 3 is 2.89 bits per heavy atom. The van der Waals surface area contributed by atoms with E-state index in [4.69, 9.17) is 12.2 Å². The van der Waals surface area contributed by atoms with Crippen molar-refractivity contribution in [1.82, 2.24) is 0 Å². The van der Waals surface area contributed by atoms with Crippen LogP contribution in [-0.4, -0.2) is 6.54 Å². The Morgan fingerprint density at radius 2 is 2.44 bits per heavy atom. The lowest BCUT2D eigenvalue weighted by Gasteiger charge is -1.92. The van der Waals surface area contributed by atoms with E-state index in [9.17, 15) is 0 Å². The minimum atomic E-state index is 0.968. The molecule has 9 heavy (non-hydrogen) atoms. The van der Waals surface area contributed by atoms with Gasteiger partial charge in [-0.3, -0.25) is 0 Å². The molecule has 0 aliphatic heterocycles. The lowest BCUT2D eigenvalue weighted by atomic mass is 10.6. The van der Waals surface area contributed by atoms with Crippen LogP contribution in [0.5, 0.6) is 0 Å². The molecule has 0 saturated carbocycles. The highest BCUT2D eigenvalue weighted by Gasteiger charge is 1.89. The molecule has 50 valence electrons. The van der Waals surface area contributed by atoms with Gasteiger partial charge in [-0.15, -0.1) is 0 Å². The standard InChI is InChI=1S/C5H7NS3/c1-2-6-4-3-5(7)9-8-4/h3,6H,2H2,1H3. The van der Waals surface area contributed by atoms with Crippen LogP contribution < -0.4 is 5.32 Å². The summed E-state index contributed by atoms with van der Waals surface area (Å²) in [6, 6.07) is 1.99. The van der Waals surface area contributed by atoms with Crippen molar-refractivity contribution in [2.24, 2.45) is 0 Å². The Kier molecular flexibility index (Phi) is 2.63. The highest BCUT2D eigenvalue weighted by atomic mass is 32.9. The molecule has 1 rings (SSSR count). The van der Waals surface area contributed by atoms with Gasteiger partial charge in [-0.05, 0) is 6.92 Å². The van der Waals surface area contributed by atoms with Gasteiger partial charge in [-0.25, -0.2) is 0 Å². The molecule has 0 aliphatic rings. The predicted octanol–water partition coefficient (Wildman–Crippen LogP) is 2.97. The van der Waals surface area contributed by atoms with Crippen LogP contribution in [0.4, 0.5) is 5.00 Å². The van der Waals surface area contributed by atoms with Crippen molar-refractivity contribution in [2.45, 2.75) is 6.92 Å². The zero-order valence-electron chi connectivity index (χ0n) is 5.01. The Labute approximate surface area is 66.7 Å². The second-order valence-electron chi connectivity index (χ2n) is 1.52. The molecule has 0 aromatic carbocycles. The highest BCUT2D eigenvalue weighted by Crippen LogP contribution is 2.22. The fourth-order valence-electron chi connectivity index (χ4n) is 0.496. The second-order valence-corrected chi connectivity index (χ2v) is 4.44. The molecule has 0 atom stereocenters. The van der Waals surface area contributed by atoms with Gasteiger partial charge in [0.25, 0.3) is 0 Å². The van der Waals surface area contributed by atoms with Crippen molar-refractivity contribution in [3.63, 3.8) is 0 Å². The van der Waals surface area contributed by atoms with Gasteiger partial charge in [0.15, 0.2) is 0 Å². The summed E-state index contributed by atoms with van der Waals surface area (Å²) in [4.78, 5) is 0. The summed E-state index contributed by atoms with van der Waals surface area (Å²) in [5.74, 6) is 0. The van der Waals surface area contributed by atoms with E-state index in [1.165, 1.54) is 5.00 Å². The van der Waals surface area contributed by atoms with E-state index in [1.54, 1.807) is 20.7 Å². The summed E-state index contributed by atoms with van der Waals surface area (Å²) in [5.41, 5.74) is 0. The maximum atomic E-state index is 4.94. The first-order chi connectivity index (χ1) is 4.33. The number of hydrogen-bond acceptors (Lipinski definition) is 4. The van der Waals surface area contributed by atoms with Crippen LogP contribution in [-0.2, 0) is 0 Å². The predicted molar refractivity (Wildman–Crippen MR) is 47.2 cm³/mol. The van der Waals surface area contributed by atoms with Gasteiger partial charge in [-0.2, -0.15) is 0 Å². The van der Waals surface area contributed by atoms with Crippen molar-refractivity contribution in [2.75, 3.05) is 11.9 Å². The molecule has 1 aromatic heterocycles. The van der Waals surface area contributed by atoms with E-state index in [0.29, 0.717) is 0 Å². The van der Waals surface area contributed by atoms with E-state index in [2.05, 4.69) is 12.2 Å². The van der Waals surface area contributed by atoms with E-state index in [-0.39, 0.29) is 0 Å². The third-order valence-electron chi connectivity index (χ3n) is 0.814. The molecule has 0 aliphatic carbocycles. The Hall–Kier alpha value is 0.0700. The first-order valence-corrected chi connectivity index (χ1v) is 5.23. The molecule has 1 aromatic rings. The van der Waals surface area contributed by atoms with Crippen molar-refractivity contribution in [3.8, 4) is 0 Å². The molecule has 1 nitrogen and oxygen atoms in total. The number of rotatable bonds is 2. The molecule has 1 heterocycles. The fraction of sp³-hybridized carbons (Fsp3) is 0.400. The molecule has 4 heteroatoms. The number of hydrogen-bond donors (Lipinski definition) is 1. The number of anilines is 1. The largest absolute Gasteiger partial charge is 0.377 e. The van der Waals surface area contributed by atoms with Crippen LogP contribution in [0, 0.1) is 3.82 Å². The lowest BCUT2D eigenvalue weighted by molar-refractivity contribution is 1.23. The van der Waals surface area contributed by atoms with Gasteiger partial charge in [0.05, 0.1) is 0 Å². The third kappa shape index (κ3) is 2.04. The van der Waals surface area contributed by atoms with Gasteiger partial charge in [0.1, 0.15) is 8.82 Å². The molecule has 0 radical (unpaired) electrons. The van der Waals surface area contributed by atoms with Crippen LogP contribution in [0.3, 0.4) is 0 Å².